The van der Waals surface area contributed by atoms with Gasteiger partial charge in [-0.3, -0.25) is 9.69 Å². The molecule has 0 radical (unpaired) electrons. The molecule has 3 aromatic carbocycles. The molecule has 0 bridgehead atoms. The van der Waals surface area contributed by atoms with Gasteiger partial charge in [0, 0.05) is 0 Å². The number of aliphatic imine (C=N–C) groups is 1. The molecule has 0 aromatic heterocycles. The molecule has 32 heavy (non-hydrogen) atoms. The van der Waals surface area contributed by atoms with E-state index >= 15 is 0 Å². The van der Waals surface area contributed by atoms with Crippen molar-refractivity contribution in [2.75, 3.05) is 12.0 Å². The number of ether oxygens (including phenoxy) is 1. The summed E-state index contributed by atoms with van der Waals surface area (Å²) < 4.78 is 5.91. The van der Waals surface area contributed by atoms with Crippen LogP contribution in [0.2, 0.25) is 0 Å². The highest BCUT2D eigenvalue weighted by atomic mass is 127. The van der Waals surface area contributed by atoms with Crippen LogP contribution in [-0.2, 0) is 4.79 Å². The van der Waals surface area contributed by atoms with Crippen LogP contribution in [0.4, 0.5) is 11.4 Å². The largest absolute Gasteiger partial charge is 0.504 e. The molecule has 0 spiro atoms. The Labute approximate surface area is 205 Å². The van der Waals surface area contributed by atoms with E-state index in [-0.39, 0.29) is 11.7 Å². The summed E-state index contributed by atoms with van der Waals surface area (Å²) >= 11 is 3.37. The van der Waals surface area contributed by atoms with Crippen LogP contribution in [-0.4, -0.2) is 23.3 Å². The molecule has 0 aliphatic carbocycles. The quantitative estimate of drug-likeness (QED) is 0.297. The number of phenolic OH excluding ortho intramolecular Hbond substituents is 1. The SMILES string of the molecule is COc1cc(/C=C2\SC(=Nc3ccc(C)cc3)N(c3ccc(C)cc3)C2=O)cc(I)c1O. The molecule has 1 aliphatic rings. The number of phenols is 1. The van der Waals surface area contributed by atoms with Crippen molar-refractivity contribution in [2.24, 2.45) is 4.99 Å². The third-order valence-electron chi connectivity index (χ3n) is 4.93. The van der Waals surface area contributed by atoms with Gasteiger partial charge in [-0.15, -0.1) is 0 Å². The lowest BCUT2D eigenvalue weighted by Gasteiger charge is -2.16. The molecular weight excluding hydrogens is 535 g/mol. The Kier molecular flexibility index (Phi) is 6.57. The highest BCUT2D eigenvalue weighted by Gasteiger charge is 2.34. The molecule has 1 heterocycles. The van der Waals surface area contributed by atoms with Crippen LogP contribution < -0.4 is 9.64 Å². The second kappa shape index (κ2) is 9.38. The van der Waals surface area contributed by atoms with Crippen LogP contribution >= 0.6 is 34.4 Å². The van der Waals surface area contributed by atoms with Crippen molar-refractivity contribution in [2.45, 2.75) is 13.8 Å². The summed E-state index contributed by atoms with van der Waals surface area (Å²) in [6.07, 6.45) is 1.80. The van der Waals surface area contributed by atoms with Crippen LogP contribution in [0.1, 0.15) is 16.7 Å². The minimum absolute atomic E-state index is 0.0866. The number of nitrogens with zero attached hydrogens (tertiary/aromatic N) is 2. The number of halogens is 1. The first-order chi connectivity index (χ1) is 15.4. The molecule has 5 nitrogen and oxygen atoms in total. The zero-order valence-corrected chi connectivity index (χ0v) is 20.8. The normalized spacial score (nSPS) is 16.2. The van der Waals surface area contributed by atoms with Crippen molar-refractivity contribution in [3.8, 4) is 11.5 Å². The summed E-state index contributed by atoms with van der Waals surface area (Å²) in [6.45, 7) is 4.04. The molecule has 0 saturated carbocycles. The van der Waals surface area contributed by atoms with Gasteiger partial charge in [0.15, 0.2) is 16.7 Å². The Morgan fingerprint density at radius 1 is 1.03 bits per heavy atom. The lowest BCUT2D eigenvalue weighted by atomic mass is 10.1. The molecule has 1 saturated heterocycles. The molecule has 1 N–H and O–H groups in total. The summed E-state index contributed by atoms with van der Waals surface area (Å²) in [5.74, 6) is 0.304. The first-order valence-electron chi connectivity index (χ1n) is 9.88. The number of amidine groups is 1. The summed E-state index contributed by atoms with van der Waals surface area (Å²) in [4.78, 5) is 20.4. The molecule has 162 valence electrons. The molecule has 3 aromatic rings. The summed E-state index contributed by atoms with van der Waals surface area (Å²) in [6, 6.07) is 19.2. The van der Waals surface area contributed by atoms with Gasteiger partial charge in [-0.25, -0.2) is 4.99 Å². The lowest BCUT2D eigenvalue weighted by molar-refractivity contribution is -0.113. The van der Waals surface area contributed by atoms with Gasteiger partial charge in [0.25, 0.3) is 5.91 Å². The number of hydrogen-bond acceptors (Lipinski definition) is 5. The maximum atomic E-state index is 13.4. The molecular formula is C25H21IN2O3S. The van der Waals surface area contributed by atoms with E-state index in [1.54, 1.807) is 17.0 Å². The van der Waals surface area contributed by atoms with Crippen LogP contribution in [0.15, 0.2) is 70.6 Å². The molecule has 1 aliphatic heterocycles. The van der Waals surface area contributed by atoms with Crippen molar-refractivity contribution in [3.05, 3.63) is 85.8 Å². The van der Waals surface area contributed by atoms with E-state index in [0.717, 1.165) is 28.1 Å². The molecule has 0 unspecified atom stereocenters. The molecule has 1 amide bonds. The van der Waals surface area contributed by atoms with Crippen LogP contribution in [0.25, 0.3) is 6.08 Å². The monoisotopic (exact) mass is 556 g/mol. The Hall–Kier alpha value is -2.78. The number of aryl methyl sites for hydroxylation is 2. The second-order valence-electron chi connectivity index (χ2n) is 7.37. The smallest absolute Gasteiger partial charge is 0.271 e. The third kappa shape index (κ3) is 4.68. The number of carbonyl (C=O) groups excluding carboxylic acids is 1. The number of aromatic hydroxyl groups is 1. The zero-order chi connectivity index (χ0) is 22.8. The minimum Gasteiger partial charge on any atom is -0.504 e. The van der Waals surface area contributed by atoms with Gasteiger partial charge < -0.3 is 9.84 Å². The number of amides is 1. The van der Waals surface area contributed by atoms with E-state index in [4.69, 9.17) is 9.73 Å². The van der Waals surface area contributed by atoms with Crippen molar-refractivity contribution in [1.82, 2.24) is 0 Å². The average Bonchev–Trinajstić information content (AvgIpc) is 3.07. The van der Waals surface area contributed by atoms with E-state index in [0.29, 0.717) is 19.4 Å². The van der Waals surface area contributed by atoms with Crippen molar-refractivity contribution < 1.29 is 14.6 Å². The highest BCUT2D eigenvalue weighted by molar-refractivity contribution is 14.1. The summed E-state index contributed by atoms with van der Waals surface area (Å²) in [5.41, 5.74) is 4.58. The van der Waals surface area contributed by atoms with Crippen LogP contribution in [0, 0.1) is 17.4 Å². The maximum Gasteiger partial charge on any atom is 0.271 e. The van der Waals surface area contributed by atoms with Gasteiger partial charge >= 0.3 is 0 Å². The first-order valence-corrected chi connectivity index (χ1v) is 11.8. The van der Waals surface area contributed by atoms with Gasteiger partial charge in [-0.05, 0) is 96.2 Å². The predicted octanol–water partition coefficient (Wildman–Crippen LogP) is 6.43. The number of benzene rings is 3. The van der Waals surface area contributed by atoms with Gasteiger partial charge in [0.1, 0.15) is 0 Å². The Morgan fingerprint density at radius 3 is 2.28 bits per heavy atom. The fraction of sp³-hybridized carbons (Fsp3) is 0.120. The third-order valence-corrected chi connectivity index (χ3v) is 6.72. The number of thioether (sulfide) groups is 1. The van der Waals surface area contributed by atoms with E-state index in [2.05, 4.69) is 0 Å². The highest BCUT2D eigenvalue weighted by Crippen LogP contribution is 2.39. The zero-order valence-electron chi connectivity index (χ0n) is 17.8. The van der Waals surface area contributed by atoms with E-state index in [9.17, 15) is 9.90 Å². The standard InChI is InChI=1S/C25H21IN2O3S/c1-15-4-8-18(9-5-15)27-25-28(19-10-6-16(2)7-11-19)24(30)22(32-25)14-17-12-20(26)23(29)21(13-17)31-3/h4-14,29H,1-3H3/b22-14-,27-25?. The van der Waals surface area contributed by atoms with Gasteiger partial charge in [-0.2, -0.15) is 0 Å². The fourth-order valence-electron chi connectivity index (χ4n) is 3.18. The fourth-order valence-corrected chi connectivity index (χ4v) is 4.81. The number of rotatable bonds is 4. The Morgan fingerprint density at radius 2 is 1.66 bits per heavy atom. The van der Waals surface area contributed by atoms with E-state index < -0.39 is 0 Å². The summed E-state index contributed by atoms with van der Waals surface area (Å²) in [7, 11) is 1.50. The van der Waals surface area contributed by atoms with E-state index in [1.807, 2.05) is 91.0 Å². The van der Waals surface area contributed by atoms with Gasteiger partial charge in [-0.1, -0.05) is 35.4 Å². The Bertz CT molecular complexity index is 1240. The van der Waals surface area contributed by atoms with Crippen molar-refractivity contribution in [1.29, 1.82) is 0 Å². The molecule has 0 atom stereocenters. The molecule has 4 rings (SSSR count). The number of hydrogen-bond donors (Lipinski definition) is 1. The topological polar surface area (TPSA) is 62.1 Å². The van der Waals surface area contributed by atoms with Crippen molar-refractivity contribution in [3.63, 3.8) is 0 Å². The van der Waals surface area contributed by atoms with E-state index in [1.165, 1.54) is 18.9 Å². The number of carbonyl (C=O) groups is 1. The van der Waals surface area contributed by atoms with Gasteiger partial charge in [0.05, 0.1) is 27.0 Å². The van der Waals surface area contributed by atoms with Crippen LogP contribution in [0.3, 0.4) is 0 Å². The first kappa shape index (κ1) is 22.4. The number of methoxy groups -OCH3 is 1. The van der Waals surface area contributed by atoms with Crippen LogP contribution in [0.5, 0.6) is 11.5 Å². The van der Waals surface area contributed by atoms with Crippen molar-refractivity contribution >= 4 is 62.9 Å². The molecule has 7 heteroatoms. The summed E-state index contributed by atoms with van der Waals surface area (Å²) in [5, 5.41) is 10.7. The molecule has 1 fully saturated rings. The Balaban J connectivity index is 1.78. The predicted molar refractivity (Wildman–Crippen MR) is 140 cm³/mol. The number of anilines is 1. The maximum absolute atomic E-state index is 13.4. The lowest BCUT2D eigenvalue weighted by Crippen LogP contribution is -2.28. The minimum atomic E-state index is -0.147. The second-order valence-corrected chi connectivity index (χ2v) is 9.54. The van der Waals surface area contributed by atoms with Gasteiger partial charge in [0.2, 0.25) is 0 Å². The average molecular weight is 556 g/mol.